The van der Waals surface area contributed by atoms with Gasteiger partial charge in [-0.2, -0.15) is 0 Å². The average Bonchev–Trinajstić information content (AvgIpc) is 2.91. The summed E-state index contributed by atoms with van der Waals surface area (Å²) >= 11 is 7.64. The molecule has 3 heterocycles. The third-order valence-corrected chi connectivity index (χ3v) is 7.77. The van der Waals surface area contributed by atoms with E-state index in [0.29, 0.717) is 55.5 Å². The van der Waals surface area contributed by atoms with Crippen molar-refractivity contribution in [3.63, 3.8) is 0 Å². The number of urea groups is 1. The molecule has 2 saturated heterocycles. The number of para-hydroxylation sites is 2. The van der Waals surface area contributed by atoms with Crippen LogP contribution in [0.5, 0.6) is 5.75 Å². The van der Waals surface area contributed by atoms with Gasteiger partial charge >= 0.3 is 6.03 Å². The Kier molecular flexibility index (Phi) is 10.0. The zero-order valence-corrected chi connectivity index (χ0v) is 24.7. The van der Waals surface area contributed by atoms with Crippen LogP contribution in [-0.4, -0.2) is 102 Å². The second-order valence-corrected chi connectivity index (χ2v) is 11.3. The van der Waals surface area contributed by atoms with Gasteiger partial charge in [-0.1, -0.05) is 35.5 Å². The molecule has 39 heavy (non-hydrogen) atoms. The van der Waals surface area contributed by atoms with Crippen LogP contribution in [0, 0.1) is 0 Å². The summed E-state index contributed by atoms with van der Waals surface area (Å²) in [7, 11) is 0. The van der Waals surface area contributed by atoms with Gasteiger partial charge in [0.1, 0.15) is 16.7 Å². The average molecular weight is 576 g/mol. The van der Waals surface area contributed by atoms with E-state index in [1.165, 1.54) is 11.8 Å². The van der Waals surface area contributed by atoms with Crippen molar-refractivity contribution >= 4 is 46.8 Å². The predicted molar refractivity (Wildman–Crippen MR) is 156 cm³/mol. The van der Waals surface area contributed by atoms with E-state index in [9.17, 15) is 9.59 Å². The number of hydrogen-bond acceptors (Lipinski definition) is 8. The van der Waals surface area contributed by atoms with Crippen LogP contribution in [0.4, 0.5) is 16.3 Å². The molecule has 0 saturated carbocycles. The number of nitrogens with one attached hydrogen (secondary N) is 1. The molecule has 12 heteroatoms. The summed E-state index contributed by atoms with van der Waals surface area (Å²) in [5.74, 6) is 1.89. The molecule has 0 bridgehead atoms. The number of halogens is 1. The van der Waals surface area contributed by atoms with E-state index in [-0.39, 0.29) is 29.8 Å². The van der Waals surface area contributed by atoms with E-state index in [1.54, 1.807) is 6.07 Å². The number of aromatic nitrogens is 2. The van der Waals surface area contributed by atoms with Gasteiger partial charge in [0.2, 0.25) is 5.91 Å². The van der Waals surface area contributed by atoms with Crippen LogP contribution in [-0.2, 0) is 4.79 Å². The van der Waals surface area contributed by atoms with Crippen LogP contribution < -0.4 is 19.9 Å². The molecule has 2 aliphatic rings. The number of rotatable bonds is 8. The third-order valence-electron chi connectivity index (χ3n) is 6.75. The molecule has 2 fully saturated rings. The number of amides is 3. The predicted octanol–water partition coefficient (Wildman–Crippen LogP) is 3.60. The van der Waals surface area contributed by atoms with Gasteiger partial charge in [0.15, 0.2) is 5.16 Å². The maximum atomic E-state index is 13.0. The molecular weight excluding hydrogens is 538 g/mol. The molecule has 1 aromatic heterocycles. The Morgan fingerprint density at radius 2 is 1.82 bits per heavy atom. The van der Waals surface area contributed by atoms with Crippen molar-refractivity contribution in [1.82, 2.24) is 25.1 Å². The van der Waals surface area contributed by atoms with Gasteiger partial charge in [0.25, 0.3) is 0 Å². The van der Waals surface area contributed by atoms with Crippen molar-refractivity contribution in [3.8, 4) is 5.75 Å². The van der Waals surface area contributed by atoms with E-state index >= 15 is 0 Å². The highest BCUT2D eigenvalue weighted by Crippen LogP contribution is 2.29. The Morgan fingerprint density at radius 3 is 2.51 bits per heavy atom. The van der Waals surface area contributed by atoms with Crippen LogP contribution in [0.25, 0.3) is 0 Å². The Bertz CT molecular complexity index is 1150. The fourth-order valence-corrected chi connectivity index (χ4v) is 5.80. The smallest absolute Gasteiger partial charge is 0.317 e. The normalized spacial score (nSPS) is 17.9. The topological polar surface area (TPSA) is 94.1 Å². The third kappa shape index (κ3) is 7.60. The molecular formula is C27H38ClN7O3S. The molecule has 1 aromatic carbocycles. The Balaban J connectivity index is 1.30. The highest BCUT2D eigenvalue weighted by molar-refractivity contribution is 7.99. The number of hydrogen-bond donors (Lipinski definition) is 1. The van der Waals surface area contributed by atoms with Gasteiger partial charge in [0, 0.05) is 64.0 Å². The van der Waals surface area contributed by atoms with Crippen molar-refractivity contribution < 1.29 is 14.3 Å². The summed E-state index contributed by atoms with van der Waals surface area (Å²) in [5, 5.41) is 3.77. The SMILES string of the molecule is CCOc1ccccc1N1CCN(C(=O)CSc2nc(Cl)cc(N3CCN(C(=O)NC(C)C)[C@@H](C)C3)n2)CC1. The first-order valence-electron chi connectivity index (χ1n) is 13.5. The maximum Gasteiger partial charge on any atom is 0.317 e. The lowest BCUT2D eigenvalue weighted by atomic mass is 10.2. The van der Waals surface area contributed by atoms with Crippen LogP contribution in [0.1, 0.15) is 27.7 Å². The standard InChI is InChI=1S/C27H38ClN7O3S/c1-5-38-22-9-7-6-8-21(22)32-10-12-33(13-11-32)25(36)18-39-26-30-23(28)16-24(31-26)34-14-15-35(20(4)17-34)27(37)29-19(2)3/h6-9,16,19-20H,5,10-15,17-18H2,1-4H3,(H,29,37)/t20-/m0/s1. The first-order valence-corrected chi connectivity index (χ1v) is 14.9. The van der Waals surface area contributed by atoms with Crippen LogP contribution in [0.15, 0.2) is 35.5 Å². The molecule has 2 aliphatic heterocycles. The highest BCUT2D eigenvalue weighted by atomic mass is 35.5. The number of carbonyl (C=O) groups excluding carboxylic acids is 2. The van der Waals surface area contributed by atoms with Crippen molar-refractivity contribution in [1.29, 1.82) is 0 Å². The number of benzene rings is 1. The molecule has 0 unspecified atom stereocenters. The molecule has 212 valence electrons. The summed E-state index contributed by atoms with van der Waals surface area (Å²) in [6, 6.07) is 9.83. The number of thioether (sulfide) groups is 1. The lowest BCUT2D eigenvalue weighted by Crippen LogP contribution is -2.57. The summed E-state index contributed by atoms with van der Waals surface area (Å²) in [6.07, 6.45) is 0. The van der Waals surface area contributed by atoms with Crippen molar-refractivity contribution in [2.45, 2.75) is 44.9 Å². The molecule has 2 aromatic rings. The van der Waals surface area contributed by atoms with E-state index < -0.39 is 0 Å². The highest BCUT2D eigenvalue weighted by Gasteiger charge is 2.29. The molecule has 0 aliphatic carbocycles. The molecule has 10 nitrogen and oxygen atoms in total. The lowest BCUT2D eigenvalue weighted by molar-refractivity contribution is -0.128. The molecule has 0 radical (unpaired) electrons. The second kappa shape index (κ2) is 13.4. The summed E-state index contributed by atoms with van der Waals surface area (Å²) in [4.78, 5) is 42.6. The number of carbonyl (C=O) groups is 2. The van der Waals surface area contributed by atoms with Crippen LogP contribution in [0.2, 0.25) is 5.15 Å². The fraction of sp³-hybridized carbons (Fsp3) is 0.556. The largest absolute Gasteiger partial charge is 0.492 e. The summed E-state index contributed by atoms with van der Waals surface area (Å²) < 4.78 is 5.78. The monoisotopic (exact) mass is 575 g/mol. The second-order valence-electron chi connectivity index (χ2n) is 9.98. The van der Waals surface area contributed by atoms with Crippen molar-refractivity contribution in [3.05, 3.63) is 35.5 Å². The van der Waals surface area contributed by atoms with E-state index in [4.69, 9.17) is 16.3 Å². The van der Waals surface area contributed by atoms with Crippen molar-refractivity contribution in [2.24, 2.45) is 0 Å². The fourth-order valence-electron chi connectivity index (χ4n) is 4.82. The molecule has 4 rings (SSSR count). The van der Waals surface area contributed by atoms with E-state index in [0.717, 1.165) is 24.5 Å². The summed E-state index contributed by atoms with van der Waals surface area (Å²) in [6.45, 7) is 13.2. The van der Waals surface area contributed by atoms with Gasteiger partial charge in [0.05, 0.1) is 18.0 Å². The zero-order chi connectivity index (χ0) is 27.9. The van der Waals surface area contributed by atoms with Crippen molar-refractivity contribution in [2.75, 3.05) is 68.0 Å². The molecule has 1 atom stereocenters. The van der Waals surface area contributed by atoms with Gasteiger partial charge < -0.3 is 29.7 Å². The minimum absolute atomic E-state index is 0.0167. The Labute approximate surface area is 240 Å². The van der Waals surface area contributed by atoms with Gasteiger partial charge in [-0.15, -0.1) is 0 Å². The van der Waals surface area contributed by atoms with Gasteiger partial charge in [-0.05, 0) is 39.8 Å². The first kappa shape index (κ1) is 29.1. The van der Waals surface area contributed by atoms with E-state index in [1.807, 2.05) is 55.7 Å². The Morgan fingerprint density at radius 1 is 1.10 bits per heavy atom. The molecule has 3 amide bonds. The number of anilines is 2. The van der Waals surface area contributed by atoms with Crippen LogP contribution in [0.3, 0.4) is 0 Å². The summed E-state index contributed by atoms with van der Waals surface area (Å²) in [5.41, 5.74) is 1.07. The van der Waals surface area contributed by atoms with Gasteiger partial charge in [-0.25, -0.2) is 14.8 Å². The van der Waals surface area contributed by atoms with Gasteiger partial charge in [-0.3, -0.25) is 4.79 Å². The Hall–Kier alpha value is -2.92. The quantitative estimate of drug-likeness (QED) is 0.290. The zero-order valence-electron chi connectivity index (χ0n) is 23.1. The first-order chi connectivity index (χ1) is 18.7. The maximum absolute atomic E-state index is 13.0. The lowest BCUT2D eigenvalue weighted by Gasteiger charge is -2.40. The molecule has 1 N–H and O–H groups in total. The molecule has 0 spiro atoms. The van der Waals surface area contributed by atoms with E-state index in [2.05, 4.69) is 31.2 Å². The number of piperazine rings is 2. The minimum Gasteiger partial charge on any atom is -0.492 e. The number of nitrogens with zero attached hydrogens (tertiary/aromatic N) is 6. The number of ether oxygens (including phenoxy) is 1. The minimum atomic E-state index is -0.0491. The van der Waals surface area contributed by atoms with Crippen LogP contribution >= 0.6 is 23.4 Å².